The number of nitro benzene ring substituents is 1. The van der Waals surface area contributed by atoms with Gasteiger partial charge in [-0.1, -0.05) is 42.3 Å². The quantitative estimate of drug-likeness (QED) is 0.150. The zero-order valence-corrected chi connectivity index (χ0v) is 24.6. The number of ether oxygens (including phenoxy) is 3. The minimum absolute atomic E-state index is 0.0792. The van der Waals surface area contributed by atoms with Crippen molar-refractivity contribution < 1.29 is 28.3 Å². The molecule has 2 aromatic heterocycles. The Labute approximate surface area is 253 Å². The molecule has 2 aliphatic heterocycles. The van der Waals surface area contributed by atoms with E-state index in [-0.39, 0.29) is 29.7 Å². The summed E-state index contributed by atoms with van der Waals surface area (Å²) in [6.45, 7) is 3.95. The summed E-state index contributed by atoms with van der Waals surface area (Å²) in [5, 5.41) is 11.5. The number of aromatic nitrogens is 1. The lowest BCUT2D eigenvalue weighted by Crippen LogP contribution is -2.40. The zero-order chi connectivity index (χ0) is 30.2. The lowest BCUT2D eigenvalue weighted by molar-refractivity contribution is -0.384. The number of thiazole rings is 1. The fourth-order valence-corrected chi connectivity index (χ4v) is 6.25. The van der Waals surface area contributed by atoms with Crippen molar-refractivity contribution in [3.8, 4) is 22.8 Å². The van der Waals surface area contributed by atoms with E-state index in [9.17, 15) is 19.7 Å². The van der Waals surface area contributed by atoms with Crippen LogP contribution in [0.2, 0.25) is 5.02 Å². The van der Waals surface area contributed by atoms with Crippen LogP contribution < -0.4 is 24.4 Å². The highest BCUT2D eigenvalue weighted by atomic mass is 35.5. The first-order valence-electron chi connectivity index (χ1n) is 13.4. The van der Waals surface area contributed by atoms with Crippen LogP contribution in [0, 0.1) is 10.1 Å². The molecule has 0 fully saturated rings. The average Bonchev–Trinajstić information content (AvgIpc) is 3.72. The van der Waals surface area contributed by atoms with Gasteiger partial charge < -0.3 is 18.6 Å². The second-order valence-electron chi connectivity index (χ2n) is 9.65. The van der Waals surface area contributed by atoms with Gasteiger partial charge in [0.1, 0.15) is 11.5 Å². The number of nitrogens with zero attached hydrogens (tertiary/aromatic N) is 3. The number of carbonyl (C=O) groups is 1. The van der Waals surface area contributed by atoms with E-state index in [0.717, 1.165) is 17.8 Å². The largest absolute Gasteiger partial charge is 0.463 e. The molecule has 43 heavy (non-hydrogen) atoms. The maximum Gasteiger partial charge on any atom is 0.338 e. The van der Waals surface area contributed by atoms with E-state index >= 15 is 0 Å². The monoisotopic (exact) mass is 621 g/mol. The molecule has 0 N–H and O–H groups in total. The first-order chi connectivity index (χ1) is 20.8. The number of allylic oxidation sites excluding steroid dienone is 1. The second kappa shape index (κ2) is 11.5. The predicted octanol–water partition coefficient (Wildman–Crippen LogP) is 5.13. The summed E-state index contributed by atoms with van der Waals surface area (Å²) < 4.78 is 24.2. The summed E-state index contributed by atoms with van der Waals surface area (Å²) in [5.41, 5.74) is 1.33. The fraction of sp³-hybridized carbons (Fsp3) is 0.233. The van der Waals surface area contributed by atoms with Gasteiger partial charge in [-0.05, 0) is 49.2 Å². The number of esters is 1. The van der Waals surface area contributed by atoms with Crippen LogP contribution in [0.3, 0.4) is 0 Å². The van der Waals surface area contributed by atoms with Crippen LogP contribution in [-0.4, -0.2) is 28.9 Å². The van der Waals surface area contributed by atoms with Crippen molar-refractivity contribution in [1.29, 1.82) is 0 Å². The number of halogens is 1. The fourth-order valence-electron chi connectivity index (χ4n) is 5.04. The van der Waals surface area contributed by atoms with Gasteiger partial charge in [0, 0.05) is 23.8 Å². The Morgan fingerprint density at radius 3 is 2.77 bits per heavy atom. The minimum atomic E-state index is -0.815. The molecule has 6 rings (SSSR count). The van der Waals surface area contributed by atoms with Crippen molar-refractivity contribution in [2.24, 2.45) is 4.99 Å². The van der Waals surface area contributed by atoms with Crippen molar-refractivity contribution in [1.82, 2.24) is 4.57 Å². The van der Waals surface area contributed by atoms with Crippen molar-refractivity contribution in [3.05, 3.63) is 106 Å². The number of non-ortho nitro benzene ring substituents is 1. The molecular formula is C30H24ClN3O8S. The van der Waals surface area contributed by atoms with Gasteiger partial charge in [0.15, 0.2) is 16.3 Å². The lowest BCUT2D eigenvalue weighted by Gasteiger charge is -2.25. The third-order valence-electron chi connectivity index (χ3n) is 6.93. The topological polar surface area (TPSA) is 135 Å². The molecule has 0 bridgehead atoms. The van der Waals surface area contributed by atoms with E-state index in [0.29, 0.717) is 61.2 Å². The van der Waals surface area contributed by atoms with Crippen LogP contribution in [0.15, 0.2) is 74.0 Å². The van der Waals surface area contributed by atoms with E-state index in [1.54, 1.807) is 43.3 Å². The summed E-state index contributed by atoms with van der Waals surface area (Å²) >= 11 is 7.46. The molecule has 2 aromatic carbocycles. The third kappa shape index (κ3) is 5.23. The van der Waals surface area contributed by atoms with Gasteiger partial charge >= 0.3 is 5.97 Å². The van der Waals surface area contributed by atoms with Gasteiger partial charge in [-0.15, -0.1) is 0 Å². The number of hydrogen-bond donors (Lipinski definition) is 0. The lowest BCUT2D eigenvalue weighted by atomic mass is 9.94. The number of furan rings is 1. The van der Waals surface area contributed by atoms with Gasteiger partial charge in [0.25, 0.3) is 11.2 Å². The van der Waals surface area contributed by atoms with E-state index in [1.165, 1.54) is 22.8 Å². The van der Waals surface area contributed by atoms with E-state index in [2.05, 4.69) is 0 Å². The Morgan fingerprint density at radius 2 is 2.00 bits per heavy atom. The van der Waals surface area contributed by atoms with E-state index in [4.69, 9.17) is 35.2 Å². The molecular weight excluding hydrogens is 598 g/mol. The van der Waals surface area contributed by atoms with Gasteiger partial charge in [-0.25, -0.2) is 9.79 Å². The van der Waals surface area contributed by atoms with Crippen molar-refractivity contribution in [2.75, 3.05) is 13.4 Å². The Balaban J connectivity index is 1.49. The second-order valence-corrected chi connectivity index (χ2v) is 11.1. The molecule has 4 aromatic rings. The molecule has 4 heterocycles. The summed E-state index contributed by atoms with van der Waals surface area (Å²) in [4.78, 5) is 43.3. The van der Waals surface area contributed by atoms with Crippen LogP contribution in [0.1, 0.15) is 44.1 Å². The molecule has 0 radical (unpaired) electrons. The van der Waals surface area contributed by atoms with Crippen molar-refractivity contribution in [3.63, 3.8) is 0 Å². The van der Waals surface area contributed by atoms with E-state index < -0.39 is 16.9 Å². The van der Waals surface area contributed by atoms with Gasteiger partial charge in [-0.3, -0.25) is 19.5 Å². The Morgan fingerprint density at radius 1 is 1.19 bits per heavy atom. The molecule has 13 heteroatoms. The molecule has 1 unspecified atom stereocenters. The maximum absolute atomic E-state index is 14.0. The normalized spacial score (nSPS) is 15.8. The van der Waals surface area contributed by atoms with Crippen molar-refractivity contribution in [2.45, 2.75) is 32.7 Å². The van der Waals surface area contributed by atoms with Crippen LogP contribution in [0.5, 0.6) is 11.5 Å². The molecule has 1 atom stereocenters. The first-order valence-corrected chi connectivity index (χ1v) is 14.6. The Hall–Kier alpha value is -4.68. The predicted molar refractivity (Wildman–Crippen MR) is 158 cm³/mol. The van der Waals surface area contributed by atoms with Gasteiger partial charge in [0.2, 0.25) is 6.79 Å². The maximum atomic E-state index is 14.0. The van der Waals surface area contributed by atoms with E-state index in [1.807, 2.05) is 6.92 Å². The summed E-state index contributed by atoms with van der Waals surface area (Å²) in [6, 6.07) is 11.8. The van der Waals surface area contributed by atoms with Crippen LogP contribution in [-0.2, 0) is 9.53 Å². The molecule has 0 aliphatic carbocycles. The third-order valence-corrected chi connectivity index (χ3v) is 8.24. The summed E-state index contributed by atoms with van der Waals surface area (Å²) in [7, 11) is 0. The van der Waals surface area contributed by atoms with Gasteiger partial charge in [-0.2, -0.15) is 0 Å². The summed E-state index contributed by atoms with van der Waals surface area (Å²) in [6.07, 6.45) is 2.80. The molecule has 220 valence electrons. The number of hydrogen-bond acceptors (Lipinski definition) is 10. The highest BCUT2D eigenvalue weighted by Gasteiger charge is 2.35. The Bertz CT molecular complexity index is 1990. The zero-order valence-electron chi connectivity index (χ0n) is 23.0. The molecule has 0 saturated heterocycles. The number of rotatable bonds is 8. The number of carbonyl (C=O) groups excluding carboxylic acids is 1. The van der Waals surface area contributed by atoms with Gasteiger partial charge in [0.05, 0.1) is 38.4 Å². The summed E-state index contributed by atoms with van der Waals surface area (Å²) in [5.74, 6) is 1.18. The Kier molecular flexibility index (Phi) is 7.63. The molecule has 11 nitrogen and oxygen atoms in total. The van der Waals surface area contributed by atoms with Crippen molar-refractivity contribution >= 4 is 40.7 Å². The van der Waals surface area contributed by atoms with Crippen LogP contribution in [0.25, 0.3) is 17.4 Å². The smallest absolute Gasteiger partial charge is 0.338 e. The van der Waals surface area contributed by atoms with Crippen LogP contribution >= 0.6 is 22.9 Å². The SMILES string of the molecule is CCCC1=C(C(=O)OCC)C(c2ccc3c(c2)OCO3)n2c(s/c(=C\c3ccc(-c4cc([N+](=O)[O-])ccc4Cl)o3)c2=O)=N1. The van der Waals surface area contributed by atoms with Crippen LogP contribution in [0.4, 0.5) is 5.69 Å². The number of fused-ring (bicyclic) bond motifs is 2. The number of benzene rings is 2. The first kappa shape index (κ1) is 28.4. The standard InChI is InChI=1S/C30H24ClN3O8S/c1-3-5-21-26(29(36)39-4-2)27(16-6-10-23-24(12-16)41-15-40-23)33-28(35)25(43-30(33)32-21)14-18-8-11-22(42-18)19-13-17(34(37)38)7-9-20(19)31/h6-14,27H,3-5,15H2,1-2H3/b25-14-. The highest BCUT2D eigenvalue weighted by molar-refractivity contribution is 7.07. The molecule has 0 spiro atoms. The average molecular weight is 622 g/mol. The molecule has 0 amide bonds. The molecule has 2 aliphatic rings. The number of nitro groups is 1. The minimum Gasteiger partial charge on any atom is -0.463 e. The highest BCUT2D eigenvalue weighted by Crippen LogP contribution is 2.39. The molecule has 0 saturated carbocycles.